The minimum absolute atomic E-state index is 0.263. The van der Waals surface area contributed by atoms with Gasteiger partial charge in [-0.15, -0.1) is 0 Å². The number of hydrazone groups is 1. The Balaban J connectivity index is 2.67. The van der Waals surface area contributed by atoms with Crippen LogP contribution in [0.25, 0.3) is 0 Å². The Kier molecular flexibility index (Phi) is 8.78. The summed E-state index contributed by atoms with van der Waals surface area (Å²) in [7, 11) is 0. The van der Waals surface area contributed by atoms with E-state index in [1.807, 2.05) is 20.8 Å². The molecule has 0 bridgehead atoms. The number of amides is 2. The highest BCUT2D eigenvalue weighted by atomic mass is 16.5. The quantitative estimate of drug-likeness (QED) is 0.309. The third-order valence-corrected chi connectivity index (χ3v) is 2.88. The molecular weight excluding hydrogens is 322 g/mol. The zero-order chi connectivity index (χ0) is 18.7. The van der Waals surface area contributed by atoms with Gasteiger partial charge in [0, 0.05) is 6.54 Å². The minimum atomic E-state index is -0.812. The Morgan fingerprint density at radius 1 is 1.24 bits per heavy atom. The fourth-order valence-corrected chi connectivity index (χ4v) is 1.73. The molecule has 0 spiro atoms. The summed E-state index contributed by atoms with van der Waals surface area (Å²) in [5, 5.41) is 6.30. The van der Waals surface area contributed by atoms with Crippen molar-refractivity contribution in [2.24, 2.45) is 11.0 Å². The SMILES string of the molecule is C=CCOc1ccc(/C=N\NC(=O)C(=O)NCC(C)C)cc1OCC. The molecule has 0 atom stereocenters. The molecular formula is C18H25N3O4. The van der Waals surface area contributed by atoms with E-state index < -0.39 is 11.8 Å². The predicted molar refractivity (Wildman–Crippen MR) is 96.9 cm³/mol. The first-order valence-electron chi connectivity index (χ1n) is 8.09. The number of rotatable bonds is 9. The van der Waals surface area contributed by atoms with Crippen LogP contribution in [0.5, 0.6) is 11.5 Å². The average molecular weight is 347 g/mol. The van der Waals surface area contributed by atoms with Gasteiger partial charge in [0.15, 0.2) is 11.5 Å². The van der Waals surface area contributed by atoms with Crippen LogP contribution in [0.4, 0.5) is 0 Å². The van der Waals surface area contributed by atoms with Gasteiger partial charge >= 0.3 is 11.8 Å². The van der Waals surface area contributed by atoms with Gasteiger partial charge < -0.3 is 14.8 Å². The second-order valence-electron chi connectivity index (χ2n) is 5.54. The van der Waals surface area contributed by atoms with Gasteiger partial charge in [-0.3, -0.25) is 9.59 Å². The maximum absolute atomic E-state index is 11.6. The molecule has 0 aromatic heterocycles. The molecule has 0 radical (unpaired) electrons. The van der Waals surface area contributed by atoms with Crippen LogP contribution in [0.15, 0.2) is 36.0 Å². The maximum atomic E-state index is 11.6. The molecule has 0 fully saturated rings. The van der Waals surface area contributed by atoms with Gasteiger partial charge in [-0.05, 0) is 36.6 Å². The summed E-state index contributed by atoms with van der Waals surface area (Å²) >= 11 is 0. The normalized spacial score (nSPS) is 10.6. The van der Waals surface area contributed by atoms with Gasteiger partial charge in [-0.1, -0.05) is 26.5 Å². The van der Waals surface area contributed by atoms with E-state index in [1.165, 1.54) is 6.21 Å². The van der Waals surface area contributed by atoms with Crippen LogP contribution >= 0.6 is 0 Å². The Morgan fingerprint density at radius 3 is 2.64 bits per heavy atom. The molecule has 0 heterocycles. The van der Waals surface area contributed by atoms with E-state index in [1.54, 1.807) is 24.3 Å². The molecule has 0 unspecified atom stereocenters. The number of nitrogens with one attached hydrogen (secondary N) is 2. The van der Waals surface area contributed by atoms with Gasteiger partial charge in [0.1, 0.15) is 6.61 Å². The van der Waals surface area contributed by atoms with Crippen LogP contribution in [-0.4, -0.2) is 37.8 Å². The molecule has 136 valence electrons. The van der Waals surface area contributed by atoms with E-state index in [-0.39, 0.29) is 5.92 Å². The molecule has 0 saturated carbocycles. The van der Waals surface area contributed by atoms with E-state index in [0.717, 1.165) is 0 Å². The molecule has 0 aliphatic carbocycles. The molecule has 1 aromatic carbocycles. The van der Waals surface area contributed by atoms with Gasteiger partial charge in [-0.2, -0.15) is 5.10 Å². The lowest BCUT2D eigenvalue weighted by molar-refractivity contribution is -0.139. The summed E-state index contributed by atoms with van der Waals surface area (Å²) in [5.41, 5.74) is 2.88. The van der Waals surface area contributed by atoms with E-state index in [2.05, 4.69) is 22.4 Å². The number of carbonyl (C=O) groups is 2. The molecule has 0 saturated heterocycles. The molecule has 25 heavy (non-hydrogen) atoms. The van der Waals surface area contributed by atoms with Gasteiger partial charge in [0.05, 0.1) is 12.8 Å². The number of ether oxygens (including phenoxy) is 2. The highest BCUT2D eigenvalue weighted by Gasteiger charge is 2.12. The van der Waals surface area contributed by atoms with Crippen molar-refractivity contribution in [2.45, 2.75) is 20.8 Å². The standard InChI is InChI=1S/C18H25N3O4/c1-5-9-25-15-8-7-14(10-16(15)24-6-2)12-20-21-18(23)17(22)19-11-13(3)4/h5,7-8,10,12-13H,1,6,9,11H2,2-4H3,(H,19,22)(H,21,23)/b20-12-. The second kappa shape index (κ2) is 10.9. The topological polar surface area (TPSA) is 89.0 Å². The van der Waals surface area contributed by atoms with Gasteiger partial charge in [-0.25, -0.2) is 5.43 Å². The first kappa shape index (κ1) is 20.2. The fourth-order valence-electron chi connectivity index (χ4n) is 1.73. The zero-order valence-corrected chi connectivity index (χ0v) is 14.9. The van der Waals surface area contributed by atoms with E-state index in [4.69, 9.17) is 9.47 Å². The van der Waals surface area contributed by atoms with Crippen molar-refractivity contribution in [2.75, 3.05) is 19.8 Å². The highest BCUT2D eigenvalue weighted by molar-refractivity contribution is 6.35. The molecule has 7 nitrogen and oxygen atoms in total. The van der Waals surface area contributed by atoms with Crippen LogP contribution in [0.3, 0.4) is 0 Å². The lowest BCUT2D eigenvalue weighted by Gasteiger charge is -2.11. The summed E-state index contributed by atoms with van der Waals surface area (Å²) < 4.78 is 11.0. The Morgan fingerprint density at radius 2 is 2.00 bits per heavy atom. The smallest absolute Gasteiger partial charge is 0.329 e. The second-order valence-corrected chi connectivity index (χ2v) is 5.54. The lowest BCUT2D eigenvalue weighted by Crippen LogP contribution is -2.39. The third kappa shape index (κ3) is 7.52. The molecule has 0 aliphatic heterocycles. The van der Waals surface area contributed by atoms with Crippen LogP contribution in [0.1, 0.15) is 26.3 Å². The van der Waals surface area contributed by atoms with Crippen molar-refractivity contribution in [1.82, 2.24) is 10.7 Å². The number of nitrogens with zero attached hydrogens (tertiary/aromatic N) is 1. The fraction of sp³-hybridized carbons (Fsp3) is 0.389. The highest BCUT2D eigenvalue weighted by Crippen LogP contribution is 2.28. The largest absolute Gasteiger partial charge is 0.490 e. The van der Waals surface area contributed by atoms with Crippen molar-refractivity contribution in [3.8, 4) is 11.5 Å². The lowest BCUT2D eigenvalue weighted by atomic mass is 10.2. The molecule has 0 aliphatic rings. The molecule has 7 heteroatoms. The van der Waals surface area contributed by atoms with E-state index >= 15 is 0 Å². The average Bonchev–Trinajstić information content (AvgIpc) is 2.59. The first-order valence-corrected chi connectivity index (χ1v) is 8.09. The van der Waals surface area contributed by atoms with Crippen molar-refractivity contribution >= 4 is 18.0 Å². The molecule has 1 rings (SSSR count). The van der Waals surface area contributed by atoms with E-state index in [9.17, 15) is 9.59 Å². The van der Waals surface area contributed by atoms with Crippen molar-refractivity contribution < 1.29 is 19.1 Å². The zero-order valence-electron chi connectivity index (χ0n) is 14.9. The molecule has 1 aromatic rings. The van der Waals surface area contributed by atoms with Crippen molar-refractivity contribution in [1.29, 1.82) is 0 Å². The van der Waals surface area contributed by atoms with E-state index in [0.29, 0.717) is 36.8 Å². The summed E-state index contributed by atoms with van der Waals surface area (Å²) in [5.74, 6) is -0.105. The van der Waals surface area contributed by atoms with Crippen molar-refractivity contribution in [3.63, 3.8) is 0 Å². The van der Waals surface area contributed by atoms with Crippen molar-refractivity contribution in [3.05, 3.63) is 36.4 Å². The number of hydrogen-bond donors (Lipinski definition) is 2. The Labute approximate surface area is 148 Å². The molecule has 2 amide bonds. The first-order chi connectivity index (χ1) is 12.0. The number of hydrogen-bond acceptors (Lipinski definition) is 5. The van der Waals surface area contributed by atoms with Crippen LogP contribution < -0.4 is 20.2 Å². The minimum Gasteiger partial charge on any atom is -0.490 e. The summed E-state index contributed by atoms with van der Waals surface area (Å²) in [4.78, 5) is 23.1. The maximum Gasteiger partial charge on any atom is 0.329 e. The monoisotopic (exact) mass is 347 g/mol. The predicted octanol–water partition coefficient (Wildman–Crippen LogP) is 1.87. The summed E-state index contributed by atoms with van der Waals surface area (Å²) in [6.07, 6.45) is 3.07. The van der Waals surface area contributed by atoms with Crippen LogP contribution in [0, 0.1) is 5.92 Å². The summed E-state index contributed by atoms with van der Waals surface area (Å²) in [6, 6.07) is 5.23. The van der Waals surface area contributed by atoms with Crippen LogP contribution in [0.2, 0.25) is 0 Å². The Bertz CT molecular complexity index is 627. The third-order valence-electron chi connectivity index (χ3n) is 2.88. The van der Waals surface area contributed by atoms with Gasteiger partial charge in [0.2, 0.25) is 0 Å². The van der Waals surface area contributed by atoms with Crippen LogP contribution in [-0.2, 0) is 9.59 Å². The molecule has 2 N–H and O–H groups in total. The number of carbonyl (C=O) groups excluding carboxylic acids is 2. The van der Waals surface area contributed by atoms with Gasteiger partial charge in [0.25, 0.3) is 0 Å². The Hall–Kier alpha value is -2.83. The summed E-state index contributed by atoms with van der Waals surface area (Å²) in [6.45, 7) is 10.6. The number of benzene rings is 1.